The zero-order chi connectivity index (χ0) is 19.2. The molecule has 0 spiro atoms. The van der Waals surface area contributed by atoms with Gasteiger partial charge in [-0.15, -0.1) is 0 Å². The van der Waals surface area contributed by atoms with Crippen LogP contribution in [0.5, 0.6) is 5.75 Å². The van der Waals surface area contributed by atoms with Crippen molar-refractivity contribution in [2.45, 2.75) is 26.2 Å². The first-order valence-electron chi connectivity index (χ1n) is 9.81. The minimum absolute atomic E-state index is 0.167. The molecule has 2 aromatic carbocycles. The number of para-hydroxylation sites is 2. The Kier molecular flexibility index (Phi) is 6.38. The van der Waals surface area contributed by atoms with E-state index in [4.69, 9.17) is 4.74 Å². The maximum absolute atomic E-state index is 13.0. The van der Waals surface area contributed by atoms with E-state index in [1.807, 2.05) is 29.2 Å². The van der Waals surface area contributed by atoms with E-state index in [1.54, 1.807) is 7.11 Å². The van der Waals surface area contributed by atoms with Gasteiger partial charge in [-0.2, -0.15) is 0 Å². The first kappa shape index (κ1) is 19.3. The lowest BCUT2D eigenvalue weighted by molar-refractivity contribution is -0.132. The summed E-state index contributed by atoms with van der Waals surface area (Å²) < 4.78 is 5.54. The van der Waals surface area contributed by atoms with E-state index in [1.165, 1.54) is 5.69 Å². The largest absolute Gasteiger partial charge is 0.496 e. The Hall–Kier alpha value is -2.49. The fourth-order valence-electron chi connectivity index (χ4n) is 3.85. The Morgan fingerprint density at radius 3 is 2.22 bits per heavy atom. The molecule has 1 saturated heterocycles. The van der Waals surface area contributed by atoms with Crippen molar-refractivity contribution in [2.24, 2.45) is 5.92 Å². The molecule has 1 unspecified atom stereocenters. The lowest BCUT2D eigenvalue weighted by Gasteiger charge is -2.37. The minimum Gasteiger partial charge on any atom is -0.496 e. The van der Waals surface area contributed by atoms with Crippen LogP contribution in [0.4, 0.5) is 5.69 Å². The maximum atomic E-state index is 13.0. The number of carbonyl (C=O) groups excluding carboxylic acids is 1. The molecule has 1 aliphatic heterocycles. The minimum atomic E-state index is 0.167. The van der Waals surface area contributed by atoms with Gasteiger partial charge in [-0.25, -0.2) is 0 Å². The molecule has 1 atom stereocenters. The molecule has 0 aromatic heterocycles. The van der Waals surface area contributed by atoms with Crippen LogP contribution < -0.4 is 9.64 Å². The van der Waals surface area contributed by atoms with Gasteiger partial charge in [0.2, 0.25) is 5.91 Å². The predicted octanol–water partition coefficient (Wildman–Crippen LogP) is 4.17. The highest BCUT2D eigenvalue weighted by atomic mass is 16.5. The molecule has 1 fully saturated rings. The zero-order valence-corrected chi connectivity index (χ0v) is 16.6. The fourth-order valence-corrected chi connectivity index (χ4v) is 3.85. The van der Waals surface area contributed by atoms with Gasteiger partial charge in [-0.1, -0.05) is 50.2 Å². The number of rotatable bonds is 6. The van der Waals surface area contributed by atoms with Crippen LogP contribution in [-0.4, -0.2) is 44.1 Å². The number of nitrogens with zero attached hydrogens (tertiary/aromatic N) is 2. The van der Waals surface area contributed by atoms with Crippen molar-refractivity contribution in [3.63, 3.8) is 0 Å². The van der Waals surface area contributed by atoms with Gasteiger partial charge in [-0.3, -0.25) is 4.79 Å². The lowest BCUT2D eigenvalue weighted by Crippen LogP contribution is -2.49. The van der Waals surface area contributed by atoms with Crippen molar-refractivity contribution in [2.75, 3.05) is 38.2 Å². The van der Waals surface area contributed by atoms with Crippen LogP contribution in [0.3, 0.4) is 0 Å². The third-order valence-electron chi connectivity index (χ3n) is 5.49. The average molecular weight is 367 g/mol. The Labute approximate surface area is 162 Å². The molecule has 0 aliphatic carbocycles. The van der Waals surface area contributed by atoms with Crippen LogP contribution in [0.15, 0.2) is 54.6 Å². The van der Waals surface area contributed by atoms with Crippen molar-refractivity contribution >= 4 is 11.6 Å². The van der Waals surface area contributed by atoms with Gasteiger partial charge in [0, 0.05) is 38.3 Å². The van der Waals surface area contributed by atoms with Gasteiger partial charge in [0.15, 0.2) is 0 Å². The Morgan fingerprint density at radius 2 is 1.59 bits per heavy atom. The molecular formula is C23H30N2O2. The van der Waals surface area contributed by atoms with E-state index in [0.29, 0.717) is 12.3 Å². The molecule has 0 saturated carbocycles. The van der Waals surface area contributed by atoms with Crippen LogP contribution in [0.1, 0.15) is 31.7 Å². The SMILES string of the molecule is COc1ccccc1C(CC(=O)N1CCN(c2ccccc2)CC1)C(C)C. The van der Waals surface area contributed by atoms with Crippen molar-refractivity contribution in [3.8, 4) is 5.75 Å². The van der Waals surface area contributed by atoms with Crippen molar-refractivity contribution in [1.29, 1.82) is 0 Å². The van der Waals surface area contributed by atoms with Crippen LogP contribution in [0.25, 0.3) is 0 Å². The monoisotopic (exact) mass is 366 g/mol. The van der Waals surface area contributed by atoms with Crippen molar-refractivity contribution in [3.05, 3.63) is 60.2 Å². The summed E-state index contributed by atoms with van der Waals surface area (Å²) in [7, 11) is 1.70. The number of hydrogen-bond donors (Lipinski definition) is 0. The number of piperazine rings is 1. The van der Waals surface area contributed by atoms with E-state index in [9.17, 15) is 4.79 Å². The second-order valence-electron chi connectivity index (χ2n) is 7.50. The Balaban J connectivity index is 1.64. The van der Waals surface area contributed by atoms with Crippen molar-refractivity contribution < 1.29 is 9.53 Å². The Bertz CT molecular complexity index is 737. The van der Waals surface area contributed by atoms with Gasteiger partial charge in [-0.05, 0) is 35.6 Å². The quantitative estimate of drug-likeness (QED) is 0.769. The molecule has 144 valence electrons. The molecule has 1 amide bonds. The molecule has 1 heterocycles. The number of amides is 1. The van der Waals surface area contributed by atoms with Gasteiger partial charge < -0.3 is 14.5 Å². The number of carbonyl (C=O) groups is 1. The normalized spacial score (nSPS) is 15.7. The summed E-state index contributed by atoms with van der Waals surface area (Å²) in [4.78, 5) is 17.4. The molecule has 0 bridgehead atoms. The molecular weight excluding hydrogens is 336 g/mol. The van der Waals surface area contributed by atoms with E-state index in [-0.39, 0.29) is 11.8 Å². The van der Waals surface area contributed by atoms with Crippen LogP contribution >= 0.6 is 0 Å². The maximum Gasteiger partial charge on any atom is 0.223 e. The van der Waals surface area contributed by atoms with E-state index in [2.05, 4.69) is 49.1 Å². The first-order valence-corrected chi connectivity index (χ1v) is 9.81. The highest BCUT2D eigenvalue weighted by Gasteiger charge is 2.27. The highest BCUT2D eigenvalue weighted by molar-refractivity contribution is 5.77. The van der Waals surface area contributed by atoms with Crippen molar-refractivity contribution in [1.82, 2.24) is 4.90 Å². The number of ether oxygens (including phenoxy) is 1. The molecule has 2 aromatic rings. The van der Waals surface area contributed by atoms with Crippen LogP contribution in [0.2, 0.25) is 0 Å². The predicted molar refractivity (Wildman–Crippen MR) is 110 cm³/mol. The van der Waals surface area contributed by atoms with E-state index in [0.717, 1.165) is 37.5 Å². The molecule has 1 aliphatic rings. The number of methoxy groups -OCH3 is 1. The van der Waals surface area contributed by atoms with E-state index < -0.39 is 0 Å². The summed E-state index contributed by atoms with van der Waals surface area (Å²) in [5.41, 5.74) is 2.37. The molecule has 0 radical (unpaired) electrons. The number of anilines is 1. The summed E-state index contributed by atoms with van der Waals surface area (Å²) >= 11 is 0. The molecule has 0 N–H and O–H groups in total. The lowest BCUT2D eigenvalue weighted by atomic mass is 9.84. The second kappa shape index (κ2) is 8.94. The third-order valence-corrected chi connectivity index (χ3v) is 5.49. The number of hydrogen-bond acceptors (Lipinski definition) is 3. The summed E-state index contributed by atoms with van der Waals surface area (Å²) in [6.45, 7) is 7.69. The van der Waals surface area contributed by atoms with Gasteiger partial charge in [0.05, 0.1) is 7.11 Å². The smallest absolute Gasteiger partial charge is 0.223 e. The van der Waals surface area contributed by atoms with Gasteiger partial charge in [0.1, 0.15) is 5.75 Å². The van der Waals surface area contributed by atoms with Crippen LogP contribution in [0, 0.1) is 5.92 Å². The van der Waals surface area contributed by atoms with E-state index >= 15 is 0 Å². The Morgan fingerprint density at radius 1 is 0.963 bits per heavy atom. The first-order chi connectivity index (χ1) is 13.1. The highest BCUT2D eigenvalue weighted by Crippen LogP contribution is 2.35. The average Bonchev–Trinajstić information content (AvgIpc) is 2.72. The zero-order valence-electron chi connectivity index (χ0n) is 16.6. The summed E-state index contributed by atoms with van der Waals surface area (Å²) in [6, 6.07) is 18.5. The third kappa shape index (κ3) is 4.62. The molecule has 27 heavy (non-hydrogen) atoms. The summed E-state index contributed by atoms with van der Waals surface area (Å²) in [5, 5.41) is 0. The molecule has 4 nitrogen and oxygen atoms in total. The second-order valence-corrected chi connectivity index (χ2v) is 7.50. The fraction of sp³-hybridized carbons (Fsp3) is 0.435. The topological polar surface area (TPSA) is 32.8 Å². The summed E-state index contributed by atoms with van der Waals surface area (Å²) in [5.74, 6) is 1.65. The number of benzene rings is 2. The summed E-state index contributed by atoms with van der Waals surface area (Å²) in [6.07, 6.45) is 0.531. The standard InChI is InChI=1S/C23H30N2O2/c1-18(2)21(20-11-7-8-12-22(20)27-3)17-23(26)25-15-13-24(14-16-25)19-9-5-4-6-10-19/h4-12,18,21H,13-17H2,1-3H3. The van der Waals surface area contributed by atoms with Gasteiger partial charge >= 0.3 is 0 Å². The van der Waals surface area contributed by atoms with Crippen LogP contribution in [-0.2, 0) is 4.79 Å². The van der Waals surface area contributed by atoms with Gasteiger partial charge in [0.25, 0.3) is 0 Å². The molecule has 3 rings (SSSR count). The molecule has 4 heteroatoms.